The average molecular weight is 222 g/mol. The first-order valence-electron chi connectivity index (χ1n) is 3.72. The molecule has 0 bridgehead atoms. The molecule has 72 valence electrons. The van der Waals surface area contributed by atoms with Gasteiger partial charge in [0.2, 0.25) is 0 Å². The number of hydrogen-bond donors (Lipinski definition) is 1. The summed E-state index contributed by atoms with van der Waals surface area (Å²) in [5.74, 6) is 0. The second kappa shape index (κ2) is 5.68. The average Bonchev–Trinajstić information content (AvgIpc) is 2.04. The minimum Gasteiger partial charge on any atom is -1.00 e. The van der Waals surface area contributed by atoms with Crippen LogP contribution in [0.3, 0.4) is 0 Å². The Morgan fingerprint density at radius 2 is 2.00 bits per heavy atom. The summed E-state index contributed by atoms with van der Waals surface area (Å²) in [7, 11) is -4.10. The molecule has 0 aromatic heterocycles. The summed E-state index contributed by atoms with van der Waals surface area (Å²) in [5, 5.41) is 0. The van der Waals surface area contributed by atoms with E-state index in [-0.39, 0.29) is 35.9 Å². The smallest absolute Gasteiger partial charge is 1.00 e. The molecular weight excluding hydrogens is 211 g/mol. The first-order valence-corrected chi connectivity index (χ1v) is 5.16. The van der Waals surface area contributed by atoms with Crippen molar-refractivity contribution in [3.8, 4) is 0 Å². The van der Waals surface area contributed by atoms with Gasteiger partial charge in [-0.2, -0.15) is 8.42 Å². The molecule has 0 amide bonds. The SMILES string of the molecule is C=CCc1ccccc1S(=O)(=O)O.[H-].[Na+]. The first kappa shape index (κ1) is 13.9. The quantitative estimate of drug-likeness (QED) is 0.396. The van der Waals surface area contributed by atoms with Gasteiger partial charge >= 0.3 is 29.6 Å². The van der Waals surface area contributed by atoms with Crippen LogP contribution in [0.4, 0.5) is 0 Å². The molecule has 0 spiro atoms. The van der Waals surface area contributed by atoms with Crippen LogP contribution in [-0.4, -0.2) is 13.0 Å². The van der Waals surface area contributed by atoms with Crippen LogP contribution in [0.25, 0.3) is 0 Å². The third kappa shape index (κ3) is 3.55. The minimum absolute atomic E-state index is 0. The van der Waals surface area contributed by atoms with Crippen molar-refractivity contribution < 1.29 is 44.0 Å². The van der Waals surface area contributed by atoms with Crippen LogP contribution in [0, 0.1) is 0 Å². The third-order valence-electron chi connectivity index (χ3n) is 1.61. The van der Waals surface area contributed by atoms with Crippen LogP contribution in [0.1, 0.15) is 6.99 Å². The van der Waals surface area contributed by atoms with E-state index in [1.54, 1.807) is 24.3 Å². The van der Waals surface area contributed by atoms with Crippen LogP contribution >= 0.6 is 0 Å². The number of hydrogen-bond acceptors (Lipinski definition) is 2. The van der Waals surface area contributed by atoms with Crippen LogP contribution in [0.2, 0.25) is 0 Å². The van der Waals surface area contributed by atoms with E-state index in [0.29, 0.717) is 12.0 Å². The first-order chi connectivity index (χ1) is 6.05. The van der Waals surface area contributed by atoms with Crippen molar-refractivity contribution in [1.82, 2.24) is 0 Å². The van der Waals surface area contributed by atoms with Crippen molar-refractivity contribution in [3.05, 3.63) is 42.5 Å². The molecule has 3 nitrogen and oxygen atoms in total. The van der Waals surface area contributed by atoms with E-state index < -0.39 is 10.1 Å². The van der Waals surface area contributed by atoms with E-state index in [2.05, 4.69) is 6.58 Å². The van der Waals surface area contributed by atoms with Gasteiger partial charge in [-0.1, -0.05) is 24.3 Å². The van der Waals surface area contributed by atoms with Gasteiger partial charge in [-0.15, -0.1) is 6.58 Å². The molecule has 0 aliphatic heterocycles. The van der Waals surface area contributed by atoms with E-state index in [4.69, 9.17) is 4.55 Å². The van der Waals surface area contributed by atoms with Crippen molar-refractivity contribution >= 4 is 10.1 Å². The van der Waals surface area contributed by atoms with Crippen molar-refractivity contribution in [3.63, 3.8) is 0 Å². The van der Waals surface area contributed by atoms with Gasteiger partial charge in [0.05, 0.1) is 4.90 Å². The zero-order valence-electron chi connectivity index (χ0n) is 8.97. The maximum Gasteiger partial charge on any atom is 1.00 e. The van der Waals surface area contributed by atoms with E-state index in [1.807, 2.05) is 0 Å². The van der Waals surface area contributed by atoms with Gasteiger partial charge < -0.3 is 1.43 Å². The molecule has 0 radical (unpaired) electrons. The van der Waals surface area contributed by atoms with Gasteiger partial charge in [-0.25, -0.2) is 0 Å². The molecule has 0 atom stereocenters. The Labute approximate surface area is 107 Å². The van der Waals surface area contributed by atoms with Crippen LogP contribution in [0.15, 0.2) is 41.8 Å². The second-order valence-corrected chi connectivity index (χ2v) is 3.97. The Hall–Kier alpha value is -0.130. The number of benzene rings is 1. The number of rotatable bonds is 3. The predicted molar refractivity (Wildman–Crippen MR) is 51.3 cm³/mol. The van der Waals surface area contributed by atoms with Gasteiger partial charge in [0, 0.05) is 0 Å². The van der Waals surface area contributed by atoms with Crippen LogP contribution < -0.4 is 29.6 Å². The van der Waals surface area contributed by atoms with E-state index in [9.17, 15) is 8.42 Å². The fourth-order valence-corrected chi connectivity index (χ4v) is 1.81. The third-order valence-corrected chi connectivity index (χ3v) is 2.57. The Balaban J connectivity index is 0. The summed E-state index contributed by atoms with van der Waals surface area (Å²) in [6, 6.07) is 6.29. The maximum atomic E-state index is 10.8. The van der Waals surface area contributed by atoms with Crippen molar-refractivity contribution in [2.45, 2.75) is 11.3 Å². The van der Waals surface area contributed by atoms with E-state index in [0.717, 1.165) is 0 Å². The molecule has 1 N–H and O–H groups in total. The molecular formula is C9H11NaO3S. The predicted octanol–water partition coefficient (Wildman–Crippen LogP) is -1.22. The molecule has 0 fully saturated rings. The van der Waals surface area contributed by atoms with Crippen molar-refractivity contribution in [2.24, 2.45) is 0 Å². The molecule has 0 heterocycles. The van der Waals surface area contributed by atoms with Crippen molar-refractivity contribution in [1.29, 1.82) is 0 Å². The Bertz CT molecular complexity index is 417. The Kier molecular flexibility index (Phi) is 5.63. The van der Waals surface area contributed by atoms with E-state index >= 15 is 0 Å². The maximum absolute atomic E-state index is 10.8. The zero-order valence-corrected chi connectivity index (χ0v) is 10.8. The van der Waals surface area contributed by atoms with E-state index in [1.165, 1.54) is 6.07 Å². The summed E-state index contributed by atoms with van der Waals surface area (Å²) in [6.45, 7) is 3.50. The molecule has 5 heteroatoms. The molecule has 1 rings (SSSR count). The Morgan fingerprint density at radius 1 is 1.43 bits per heavy atom. The molecule has 0 aliphatic carbocycles. The van der Waals surface area contributed by atoms with Crippen LogP contribution in [0.5, 0.6) is 0 Å². The molecule has 1 aromatic rings. The summed E-state index contributed by atoms with van der Waals surface area (Å²) in [6.07, 6.45) is 2.01. The molecule has 1 aromatic carbocycles. The molecule has 14 heavy (non-hydrogen) atoms. The normalized spacial score (nSPS) is 10.4. The molecule has 0 aliphatic rings. The standard InChI is InChI=1S/C9H10O3S.Na.H/c1-2-5-8-6-3-4-7-9(8)13(10,11)12;;/h2-4,6-7H,1,5H2,(H,10,11,12);;/q;+1;-1. The van der Waals surface area contributed by atoms with Gasteiger partial charge in [0.25, 0.3) is 10.1 Å². The topological polar surface area (TPSA) is 54.4 Å². The van der Waals surface area contributed by atoms with Gasteiger partial charge in [0.1, 0.15) is 0 Å². The minimum atomic E-state index is -4.10. The largest absolute Gasteiger partial charge is 1.00 e. The van der Waals surface area contributed by atoms with Crippen molar-refractivity contribution in [2.75, 3.05) is 0 Å². The second-order valence-electron chi connectivity index (χ2n) is 2.58. The molecule has 0 saturated heterocycles. The zero-order chi connectivity index (χ0) is 9.90. The molecule has 0 saturated carbocycles. The summed E-state index contributed by atoms with van der Waals surface area (Å²) in [4.78, 5) is -0.0464. The fraction of sp³-hybridized carbons (Fsp3) is 0.111. The van der Waals surface area contributed by atoms with Gasteiger partial charge in [-0.3, -0.25) is 4.55 Å². The fourth-order valence-electron chi connectivity index (χ4n) is 1.08. The van der Waals surface area contributed by atoms with Gasteiger partial charge in [0.15, 0.2) is 0 Å². The summed E-state index contributed by atoms with van der Waals surface area (Å²) >= 11 is 0. The van der Waals surface area contributed by atoms with Crippen LogP contribution in [-0.2, 0) is 16.5 Å². The summed E-state index contributed by atoms with van der Waals surface area (Å²) in [5.41, 5.74) is 0.556. The molecule has 0 unspecified atom stereocenters. The Morgan fingerprint density at radius 3 is 2.50 bits per heavy atom. The van der Waals surface area contributed by atoms with Gasteiger partial charge in [-0.05, 0) is 18.1 Å². The monoisotopic (exact) mass is 222 g/mol. The summed E-state index contributed by atoms with van der Waals surface area (Å²) < 4.78 is 30.5. The number of allylic oxidation sites excluding steroid dienone is 1.